The summed E-state index contributed by atoms with van der Waals surface area (Å²) >= 11 is 3.66. The van der Waals surface area contributed by atoms with Gasteiger partial charge in [-0.2, -0.15) is 0 Å². The van der Waals surface area contributed by atoms with Gasteiger partial charge in [-0.15, -0.1) is 0 Å². The van der Waals surface area contributed by atoms with Crippen molar-refractivity contribution < 1.29 is 4.79 Å². The first kappa shape index (κ1) is 22.0. The molecule has 3 aromatic rings. The van der Waals surface area contributed by atoms with E-state index >= 15 is 0 Å². The molecule has 33 heavy (non-hydrogen) atoms. The van der Waals surface area contributed by atoms with E-state index in [2.05, 4.69) is 43.6 Å². The Morgan fingerprint density at radius 1 is 1.12 bits per heavy atom. The summed E-state index contributed by atoms with van der Waals surface area (Å²) in [4.78, 5) is 24.4. The fourth-order valence-corrected chi connectivity index (χ4v) is 5.67. The van der Waals surface area contributed by atoms with E-state index in [1.807, 2.05) is 55.5 Å². The summed E-state index contributed by atoms with van der Waals surface area (Å²) in [6.45, 7) is 4.69. The number of benzene rings is 2. The quantitative estimate of drug-likeness (QED) is 0.498. The molecule has 6 rings (SSSR count). The lowest BCUT2D eigenvalue weighted by Crippen LogP contribution is -2.56. The predicted octanol–water partition coefficient (Wildman–Crippen LogP) is 5.21. The van der Waals surface area contributed by atoms with E-state index in [0.717, 1.165) is 52.4 Å². The van der Waals surface area contributed by atoms with Crippen molar-refractivity contribution in [2.75, 3.05) is 25.0 Å². The van der Waals surface area contributed by atoms with Crippen molar-refractivity contribution in [2.45, 2.75) is 31.7 Å². The maximum absolute atomic E-state index is 12.3. The minimum atomic E-state index is -0.148. The van der Waals surface area contributed by atoms with Crippen LogP contribution >= 0.6 is 15.9 Å². The molecule has 2 amide bonds. The van der Waals surface area contributed by atoms with E-state index < -0.39 is 0 Å². The number of nitrogens with zero attached hydrogens (tertiary/aromatic N) is 3. The number of rotatable bonds is 5. The largest absolute Gasteiger partial charge is 0.336 e. The Kier molecular flexibility index (Phi) is 6.42. The number of urea groups is 1. The van der Waals surface area contributed by atoms with Gasteiger partial charge in [-0.3, -0.25) is 4.90 Å². The second-order valence-electron chi connectivity index (χ2n) is 8.95. The Hall–Kier alpha value is -2.77. The van der Waals surface area contributed by atoms with Gasteiger partial charge in [0, 0.05) is 46.5 Å². The summed E-state index contributed by atoms with van der Waals surface area (Å²) in [7, 11) is 0. The monoisotopic (exact) mass is 505 g/mol. The molecule has 6 nitrogen and oxygen atoms in total. The Balaban J connectivity index is 1.25. The molecule has 2 aromatic carbocycles. The van der Waals surface area contributed by atoms with E-state index in [-0.39, 0.29) is 6.03 Å². The Bertz CT molecular complexity index is 1140. The van der Waals surface area contributed by atoms with E-state index in [9.17, 15) is 4.79 Å². The van der Waals surface area contributed by atoms with Crippen LogP contribution in [0, 0.1) is 12.8 Å². The van der Waals surface area contributed by atoms with Crippen LogP contribution < -0.4 is 10.6 Å². The summed E-state index contributed by atoms with van der Waals surface area (Å²) in [6.07, 6.45) is 2.24. The maximum Gasteiger partial charge on any atom is 0.319 e. The van der Waals surface area contributed by atoms with Crippen molar-refractivity contribution >= 4 is 27.6 Å². The van der Waals surface area contributed by atoms with Crippen molar-refractivity contribution in [1.82, 2.24) is 20.2 Å². The van der Waals surface area contributed by atoms with E-state index in [0.29, 0.717) is 24.4 Å². The van der Waals surface area contributed by atoms with Crippen LogP contribution in [0.2, 0.25) is 0 Å². The Labute approximate surface area is 203 Å². The molecule has 3 aliphatic heterocycles. The summed E-state index contributed by atoms with van der Waals surface area (Å²) in [5.74, 6) is 1.78. The molecule has 2 bridgehead atoms. The van der Waals surface area contributed by atoms with Gasteiger partial charge in [0.15, 0.2) is 0 Å². The molecule has 0 radical (unpaired) electrons. The van der Waals surface area contributed by atoms with Crippen LogP contribution in [0.3, 0.4) is 0 Å². The summed E-state index contributed by atoms with van der Waals surface area (Å²) < 4.78 is 1.04. The van der Waals surface area contributed by atoms with Gasteiger partial charge < -0.3 is 10.6 Å². The fraction of sp³-hybridized carbons (Fsp3) is 0.346. The number of halogens is 1. The number of carbonyl (C=O) groups is 1. The van der Waals surface area contributed by atoms with Crippen molar-refractivity contribution in [2.24, 2.45) is 5.92 Å². The molecule has 0 saturated carbocycles. The number of piperidine rings is 3. The predicted molar refractivity (Wildman–Crippen MR) is 134 cm³/mol. The third kappa shape index (κ3) is 4.94. The first-order valence-corrected chi connectivity index (χ1v) is 12.3. The average molecular weight is 506 g/mol. The average Bonchev–Trinajstić information content (AvgIpc) is 2.83. The first-order valence-electron chi connectivity index (χ1n) is 11.5. The number of carbonyl (C=O) groups excluding carboxylic acids is 1. The van der Waals surface area contributed by atoms with Gasteiger partial charge in [0.1, 0.15) is 5.82 Å². The molecule has 170 valence electrons. The first-order chi connectivity index (χ1) is 16.1. The third-order valence-electron chi connectivity index (χ3n) is 6.80. The zero-order valence-electron chi connectivity index (χ0n) is 18.7. The number of nitrogens with one attached hydrogen (secondary N) is 2. The Morgan fingerprint density at radius 2 is 1.91 bits per heavy atom. The summed E-state index contributed by atoms with van der Waals surface area (Å²) in [5.41, 5.74) is 4.01. The van der Waals surface area contributed by atoms with Crippen LogP contribution in [-0.2, 0) is 0 Å². The zero-order chi connectivity index (χ0) is 22.8. The number of fused-ring (bicyclic) bond motifs is 3. The highest BCUT2D eigenvalue weighted by Crippen LogP contribution is 2.42. The summed E-state index contributed by atoms with van der Waals surface area (Å²) in [6, 6.07) is 20.1. The molecule has 1 aromatic heterocycles. The molecule has 7 heteroatoms. The minimum absolute atomic E-state index is 0.148. The van der Waals surface area contributed by atoms with Gasteiger partial charge >= 0.3 is 6.03 Å². The number of hydrogen-bond acceptors (Lipinski definition) is 4. The highest BCUT2D eigenvalue weighted by Gasteiger charge is 2.41. The van der Waals surface area contributed by atoms with Crippen LogP contribution in [0.5, 0.6) is 0 Å². The highest BCUT2D eigenvalue weighted by molar-refractivity contribution is 9.10. The van der Waals surface area contributed by atoms with Crippen LogP contribution in [0.1, 0.15) is 30.3 Å². The number of hydrogen-bond donors (Lipinski definition) is 2. The molecule has 3 aliphatic rings. The smallest absolute Gasteiger partial charge is 0.319 e. The van der Waals surface area contributed by atoms with Crippen molar-refractivity contribution in [1.29, 1.82) is 0 Å². The zero-order valence-corrected chi connectivity index (χ0v) is 20.3. The fourth-order valence-electron chi connectivity index (χ4n) is 5.18. The van der Waals surface area contributed by atoms with Crippen molar-refractivity contribution in [3.05, 3.63) is 76.7 Å². The van der Waals surface area contributed by atoms with Crippen LogP contribution in [-0.4, -0.2) is 46.6 Å². The lowest BCUT2D eigenvalue weighted by molar-refractivity contribution is 0.0307. The Morgan fingerprint density at radius 3 is 2.67 bits per heavy atom. The highest BCUT2D eigenvalue weighted by atomic mass is 79.9. The maximum atomic E-state index is 12.3. The number of aryl methyl sites for hydroxylation is 1. The van der Waals surface area contributed by atoms with Gasteiger partial charge in [-0.1, -0.05) is 52.3 Å². The summed E-state index contributed by atoms with van der Waals surface area (Å²) in [5, 5.41) is 5.97. The molecular formula is C26H28BrN5O. The molecule has 4 atom stereocenters. The van der Waals surface area contributed by atoms with Crippen molar-refractivity contribution in [3.63, 3.8) is 0 Å². The van der Waals surface area contributed by atoms with Gasteiger partial charge in [-0.25, -0.2) is 14.8 Å². The molecular weight excluding hydrogens is 478 g/mol. The second kappa shape index (κ2) is 9.61. The number of para-hydroxylation sites is 1. The van der Waals surface area contributed by atoms with Crippen LogP contribution in [0.25, 0.3) is 11.3 Å². The molecule has 0 spiro atoms. The molecule has 4 unspecified atom stereocenters. The second-order valence-corrected chi connectivity index (χ2v) is 9.80. The van der Waals surface area contributed by atoms with Gasteiger partial charge in [0.2, 0.25) is 0 Å². The van der Waals surface area contributed by atoms with Gasteiger partial charge in [0.25, 0.3) is 0 Å². The molecule has 2 N–H and O–H groups in total. The minimum Gasteiger partial charge on any atom is -0.336 e. The lowest BCUT2D eigenvalue weighted by atomic mass is 9.74. The van der Waals surface area contributed by atoms with Crippen molar-refractivity contribution in [3.8, 4) is 11.3 Å². The van der Waals surface area contributed by atoms with Gasteiger partial charge in [0.05, 0.1) is 5.69 Å². The molecule has 0 aliphatic carbocycles. The molecule has 3 fully saturated rings. The number of amides is 2. The molecule has 4 heterocycles. The molecule has 3 saturated heterocycles. The van der Waals surface area contributed by atoms with E-state index in [1.54, 1.807) is 0 Å². The third-order valence-corrected chi connectivity index (χ3v) is 7.49. The normalized spacial score (nSPS) is 23.8. The topological polar surface area (TPSA) is 70.2 Å². The number of aromatic nitrogens is 2. The SMILES string of the molecule is Cc1nc(-c2ccccc2Br)cc(C2CN3CCC2CC3CNC(=O)Nc2ccccc2)n1. The standard InChI is InChI=1S/C26H28BrN5O/c1-17-29-24(21-9-5-6-10-23(21)27)14-25(30-17)22-16-32-12-11-18(22)13-20(32)15-28-26(33)31-19-7-3-2-4-8-19/h2-10,14,18,20,22H,11-13,15-16H2,1H3,(H2,28,31,33). The lowest BCUT2D eigenvalue weighted by Gasteiger charge is -2.49. The van der Waals surface area contributed by atoms with Gasteiger partial charge in [-0.05, 0) is 56.5 Å². The number of anilines is 1. The van der Waals surface area contributed by atoms with E-state index in [1.165, 1.54) is 6.42 Å². The van der Waals surface area contributed by atoms with Crippen LogP contribution in [0.4, 0.5) is 10.5 Å². The van der Waals surface area contributed by atoms with E-state index in [4.69, 9.17) is 9.97 Å². The van der Waals surface area contributed by atoms with Crippen LogP contribution in [0.15, 0.2) is 65.1 Å².